The monoisotopic (exact) mass is 531 g/mol. The van der Waals surface area contributed by atoms with Crippen LogP contribution in [0.2, 0.25) is 5.02 Å². The summed E-state index contributed by atoms with van der Waals surface area (Å²) in [6, 6.07) is 13.3. The standard InChI is InChI=1S/C23H20BrClFN5O2/c1-14-22(15(2)31(28-14)12-16-5-3-4-6-19(16)26)27-23(32)20-9-10-30(29-20)13-33-21-8-7-17(25)11-18(21)24/h3-11H,12-13H2,1-2H3,(H,27,32). The maximum Gasteiger partial charge on any atom is 0.276 e. The van der Waals surface area contributed by atoms with Crippen LogP contribution in [0.3, 0.4) is 0 Å². The summed E-state index contributed by atoms with van der Waals surface area (Å²) in [6.07, 6.45) is 1.65. The number of carbonyl (C=O) groups excluding carboxylic acids is 1. The molecular weight excluding hydrogens is 513 g/mol. The second-order valence-corrected chi connectivity index (χ2v) is 8.63. The number of benzene rings is 2. The molecule has 0 saturated carbocycles. The number of anilines is 1. The SMILES string of the molecule is Cc1nn(Cc2ccccc2F)c(C)c1NC(=O)c1ccn(COc2ccc(Cl)cc2Br)n1. The molecule has 0 aliphatic heterocycles. The fraction of sp³-hybridized carbons (Fsp3) is 0.174. The zero-order chi connectivity index (χ0) is 23.5. The summed E-state index contributed by atoms with van der Waals surface area (Å²) in [6.45, 7) is 4.00. The molecule has 0 saturated heterocycles. The number of nitrogens with one attached hydrogen (secondary N) is 1. The minimum Gasteiger partial charge on any atom is -0.470 e. The molecule has 33 heavy (non-hydrogen) atoms. The summed E-state index contributed by atoms with van der Waals surface area (Å²) in [5.41, 5.74) is 2.68. The highest BCUT2D eigenvalue weighted by molar-refractivity contribution is 9.10. The maximum atomic E-state index is 14.0. The summed E-state index contributed by atoms with van der Waals surface area (Å²) >= 11 is 9.33. The Kier molecular flexibility index (Phi) is 6.80. The topological polar surface area (TPSA) is 74.0 Å². The Morgan fingerprint density at radius 1 is 1.18 bits per heavy atom. The molecule has 4 rings (SSSR count). The number of carbonyl (C=O) groups is 1. The Labute approximate surface area is 203 Å². The number of rotatable bonds is 7. The van der Waals surface area contributed by atoms with Crippen molar-refractivity contribution in [1.29, 1.82) is 0 Å². The Bertz CT molecular complexity index is 1320. The number of aryl methyl sites for hydroxylation is 1. The molecule has 0 bridgehead atoms. The highest BCUT2D eigenvalue weighted by atomic mass is 79.9. The van der Waals surface area contributed by atoms with Crippen LogP contribution in [-0.2, 0) is 13.3 Å². The van der Waals surface area contributed by atoms with Crippen molar-refractivity contribution in [1.82, 2.24) is 19.6 Å². The van der Waals surface area contributed by atoms with E-state index >= 15 is 0 Å². The van der Waals surface area contributed by atoms with E-state index in [4.69, 9.17) is 16.3 Å². The number of hydrogen-bond acceptors (Lipinski definition) is 4. The van der Waals surface area contributed by atoms with Gasteiger partial charge in [0.1, 0.15) is 11.6 Å². The van der Waals surface area contributed by atoms with E-state index in [1.54, 1.807) is 60.3 Å². The lowest BCUT2D eigenvalue weighted by Gasteiger charge is -2.08. The van der Waals surface area contributed by atoms with E-state index in [-0.39, 0.29) is 30.7 Å². The van der Waals surface area contributed by atoms with E-state index in [1.807, 2.05) is 6.92 Å². The zero-order valence-electron chi connectivity index (χ0n) is 17.8. The van der Waals surface area contributed by atoms with Gasteiger partial charge >= 0.3 is 0 Å². The molecule has 2 aromatic heterocycles. The van der Waals surface area contributed by atoms with Crippen LogP contribution >= 0.6 is 27.5 Å². The Hall–Kier alpha value is -3.17. The lowest BCUT2D eigenvalue weighted by molar-refractivity contribution is 0.102. The zero-order valence-corrected chi connectivity index (χ0v) is 20.2. The number of amides is 1. The first kappa shape index (κ1) is 23.0. The number of ether oxygens (including phenoxy) is 1. The third-order valence-electron chi connectivity index (χ3n) is 5.02. The highest BCUT2D eigenvalue weighted by Crippen LogP contribution is 2.28. The normalized spacial score (nSPS) is 10.9. The molecule has 0 radical (unpaired) electrons. The van der Waals surface area contributed by atoms with Crippen LogP contribution in [0.15, 0.2) is 59.2 Å². The van der Waals surface area contributed by atoms with Gasteiger partial charge in [-0.05, 0) is 60.1 Å². The van der Waals surface area contributed by atoms with Crippen LogP contribution < -0.4 is 10.1 Å². The largest absolute Gasteiger partial charge is 0.470 e. The van der Waals surface area contributed by atoms with Gasteiger partial charge in [-0.25, -0.2) is 9.07 Å². The molecule has 0 fully saturated rings. The van der Waals surface area contributed by atoms with Crippen molar-refractivity contribution in [2.75, 3.05) is 5.32 Å². The molecule has 0 aliphatic rings. The van der Waals surface area contributed by atoms with Gasteiger partial charge in [-0.1, -0.05) is 29.8 Å². The summed E-state index contributed by atoms with van der Waals surface area (Å²) < 4.78 is 23.6. The van der Waals surface area contributed by atoms with Crippen molar-refractivity contribution in [2.45, 2.75) is 27.1 Å². The van der Waals surface area contributed by atoms with E-state index in [9.17, 15) is 9.18 Å². The third kappa shape index (κ3) is 5.26. The molecule has 1 amide bonds. The molecule has 2 heterocycles. The Morgan fingerprint density at radius 2 is 1.97 bits per heavy atom. The van der Waals surface area contributed by atoms with Crippen molar-refractivity contribution in [3.05, 3.63) is 92.7 Å². The van der Waals surface area contributed by atoms with Gasteiger partial charge in [-0.15, -0.1) is 0 Å². The molecule has 0 unspecified atom stereocenters. The Balaban J connectivity index is 1.43. The first-order valence-electron chi connectivity index (χ1n) is 10.0. The third-order valence-corrected chi connectivity index (χ3v) is 5.87. The molecule has 2 aromatic carbocycles. The molecule has 7 nitrogen and oxygen atoms in total. The van der Waals surface area contributed by atoms with Crippen molar-refractivity contribution >= 4 is 39.1 Å². The van der Waals surface area contributed by atoms with Gasteiger partial charge in [-0.2, -0.15) is 10.2 Å². The fourth-order valence-electron chi connectivity index (χ4n) is 3.28. The molecule has 170 valence electrons. The van der Waals surface area contributed by atoms with Crippen LogP contribution in [-0.4, -0.2) is 25.5 Å². The highest BCUT2D eigenvalue weighted by Gasteiger charge is 2.18. The van der Waals surface area contributed by atoms with Crippen molar-refractivity contribution in [3.8, 4) is 5.75 Å². The smallest absolute Gasteiger partial charge is 0.276 e. The summed E-state index contributed by atoms with van der Waals surface area (Å²) in [7, 11) is 0. The minimum atomic E-state index is -0.377. The lowest BCUT2D eigenvalue weighted by Crippen LogP contribution is -2.15. The molecule has 0 spiro atoms. The van der Waals surface area contributed by atoms with Gasteiger partial charge in [-0.3, -0.25) is 9.48 Å². The number of halogens is 3. The molecule has 1 N–H and O–H groups in total. The molecule has 10 heteroatoms. The quantitative estimate of drug-likeness (QED) is 0.337. The van der Waals surface area contributed by atoms with E-state index < -0.39 is 0 Å². The molecule has 0 atom stereocenters. The summed E-state index contributed by atoms with van der Waals surface area (Å²) in [5.74, 6) is -0.0680. The average molecular weight is 533 g/mol. The first-order valence-corrected chi connectivity index (χ1v) is 11.2. The number of hydrogen-bond donors (Lipinski definition) is 1. The van der Waals surface area contributed by atoms with Crippen molar-refractivity contribution in [3.63, 3.8) is 0 Å². The van der Waals surface area contributed by atoms with Crippen LogP contribution in [0.1, 0.15) is 27.4 Å². The second kappa shape index (κ2) is 9.76. The van der Waals surface area contributed by atoms with Gasteiger partial charge in [0.25, 0.3) is 5.91 Å². The molecule has 0 aliphatic carbocycles. The van der Waals surface area contributed by atoms with Crippen molar-refractivity contribution in [2.24, 2.45) is 0 Å². The molecule has 4 aromatic rings. The second-order valence-electron chi connectivity index (χ2n) is 7.34. The minimum absolute atomic E-state index is 0.117. The maximum absolute atomic E-state index is 14.0. The molecular formula is C23H20BrClFN5O2. The summed E-state index contributed by atoms with van der Waals surface area (Å²) in [4.78, 5) is 12.8. The Morgan fingerprint density at radius 3 is 2.73 bits per heavy atom. The first-order chi connectivity index (χ1) is 15.8. The summed E-state index contributed by atoms with van der Waals surface area (Å²) in [5, 5.41) is 12.2. The average Bonchev–Trinajstić information content (AvgIpc) is 3.35. The van der Waals surface area contributed by atoms with Gasteiger partial charge in [0, 0.05) is 16.8 Å². The van der Waals surface area contributed by atoms with Gasteiger partial charge in [0.2, 0.25) is 0 Å². The van der Waals surface area contributed by atoms with Gasteiger partial charge in [0.05, 0.1) is 28.1 Å². The van der Waals surface area contributed by atoms with Crippen LogP contribution in [0.4, 0.5) is 10.1 Å². The van der Waals surface area contributed by atoms with Gasteiger partial charge in [0.15, 0.2) is 12.4 Å². The number of aromatic nitrogens is 4. The predicted molar refractivity (Wildman–Crippen MR) is 127 cm³/mol. The number of nitrogens with zero attached hydrogens (tertiary/aromatic N) is 4. The van der Waals surface area contributed by atoms with Crippen LogP contribution in [0.25, 0.3) is 0 Å². The van der Waals surface area contributed by atoms with Gasteiger partial charge < -0.3 is 10.1 Å². The predicted octanol–water partition coefficient (Wildman–Crippen LogP) is 5.59. The van der Waals surface area contributed by atoms with E-state index in [0.717, 1.165) is 10.2 Å². The van der Waals surface area contributed by atoms with Crippen LogP contribution in [0, 0.1) is 19.7 Å². The van der Waals surface area contributed by atoms with Crippen LogP contribution in [0.5, 0.6) is 5.75 Å². The lowest BCUT2D eigenvalue weighted by atomic mass is 10.2. The van der Waals surface area contributed by atoms with Crippen molar-refractivity contribution < 1.29 is 13.9 Å². The fourth-order valence-corrected chi connectivity index (χ4v) is 4.08. The van der Waals surface area contributed by atoms with E-state index in [2.05, 4.69) is 31.4 Å². The van der Waals surface area contributed by atoms with E-state index in [1.165, 1.54) is 10.7 Å². The van der Waals surface area contributed by atoms with E-state index in [0.29, 0.717) is 27.7 Å².